The number of unbranched alkanes of at least 4 members (excludes halogenated alkanes) is 2. The summed E-state index contributed by atoms with van der Waals surface area (Å²) in [5, 5.41) is 0.668. The van der Waals surface area contributed by atoms with Gasteiger partial charge in [-0.1, -0.05) is 55.6 Å². The maximum Gasteiger partial charge on any atom is 0.259 e. The average Bonchev–Trinajstić information content (AvgIpc) is 3.22. The molecule has 2 heterocycles. The van der Waals surface area contributed by atoms with Gasteiger partial charge in [0, 0.05) is 35.0 Å². The molecule has 0 N–H and O–H groups in total. The predicted octanol–water partition coefficient (Wildman–Crippen LogP) is 5.68. The summed E-state index contributed by atoms with van der Waals surface area (Å²) in [6, 6.07) is 16.9. The first-order valence-corrected chi connectivity index (χ1v) is 10.5. The smallest absolute Gasteiger partial charge is 0.259 e. The Bertz CT molecular complexity index is 1230. The fourth-order valence-corrected chi connectivity index (χ4v) is 3.74. The molecule has 0 unspecified atom stereocenters. The van der Waals surface area contributed by atoms with Crippen LogP contribution in [0.15, 0.2) is 65.6 Å². The zero-order valence-corrected chi connectivity index (χ0v) is 17.9. The first-order valence-electron chi connectivity index (χ1n) is 10.1. The van der Waals surface area contributed by atoms with E-state index in [1.807, 2.05) is 48.5 Å². The third-order valence-corrected chi connectivity index (χ3v) is 5.46. The summed E-state index contributed by atoms with van der Waals surface area (Å²) in [7, 11) is 1.64. The summed E-state index contributed by atoms with van der Waals surface area (Å²) in [5.74, 6) is 1.39. The number of aryl methyl sites for hydroxylation is 1. The van der Waals surface area contributed by atoms with Crippen molar-refractivity contribution in [3.8, 4) is 28.3 Å². The van der Waals surface area contributed by atoms with Gasteiger partial charge in [-0.2, -0.15) is 0 Å². The Kier molecular flexibility index (Phi) is 5.91. The first kappa shape index (κ1) is 20.2. The van der Waals surface area contributed by atoms with E-state index in [1.165, 1.54) is 0 Å². The molecule has 0 aliphatic carbocycles. The van der Waals surface area contributed by atoms with Gasteiger partial charge in [-0.25, -0.2) is 4.98 Å². The number of hydrogen-bond acceptors (Lipinski definition) is 3. The largest absolute Gasteiger partial charge is 0.497 e. The van der Waals surface area contributed by atoms with Crippen LogP contribution >= 0.6 is 11.6 Å². The second-order valence-corrected chi connectivity index (χ2v) is 7.70. The van der Waals surface area contributed by atoms with Crippen LogP contribution in [0.5, 0.6) is 5.75 Å². The monoisotopic (exact) mass is 421 g/mol. The van der Waals surface area contributed by atoms with Crippen molar-refractivity contribution < 1.29 is 4.74 Å². The molecule has 0 amide bonds. The maximum absolute atomic E-state index is 13.0. The molecule has 0 fully saturated rings. The summed E-state index contributed by atoms with van der Waals surface area (Å²) in [4.78, 5) is 17.8. The lowest BCUT2D eigenvalue weighted by molar-refractivity contribution is 0.415. The van der Waals surface area contributed by atoms with Crippen LogP contribution in [-0.2, 0) is 6.54 Å². The van der Waals surface area contributed by atoms with Crippen LogP contribution in [-0.4, -0.2) is 21.1 Å². The van der Waals surface area contributed by atoms with Crippen LogP contribution in [0.25, 0.3) is 28.3 Å². The highest BCUT2D eigenvalue weighted by Gasteiger charge is 2.15. The predicted molar refractivity (Wildman–Crippen MR) is 121 cm³/mol. The van der Waals surface area contributed by atoms with Gasteiger partial charge < -0.3 is 9.30 Å². The van der Waals surface area contributed by atoms with E-state index in [2.05, 4.69) is 11.5 Å². The van der Waals surface area contributed by atoms with Gasteiger partial charge in [-0.3, -0.25) is 9.20 Å². The molecular weight excluding hydrogens is 398 g/mol. The Morgan fingerprint density at radius 3 is 2.57 bits per heavy atom. The van der Waals surface area contributed by atoms with E-state index in [0.29, 0.717) is 10.8 Å². The van der Waals surface area contributed by atoms with Crippen molar-refractivity contribution in [2.75, 3.05) is 7.11 Å². The lowest BCUT2D eigenvalue weighted by Crippen LogP contribution is -2.18. The number of aromatic nitrogens is 3. The van der Waals surface area contributed by atoms with E-state index >= 15 is 0 Å². The Hall–Kier alpha value is -3.05. The van der Waals surface area contributed by atoms with Crippen molar-refractivity contribution in [2.24, 2.45) is 0 Å². The molecule has 4 rings (SSSR count). The number of nitrogens with zero attached hydrogens (tertiary/aromatic N) is 3. The molecule has 6 heteroatoms. The molecule has 0 spiro atoms. The summed E-state index contributed by atoms with van der Waals surface area (Å²) >= 11 is 6.02. The van der Waals surface area contributed by atoms with Crippen LogP contribution in [0.3, 0.4) is 0 Å². The highest BCUT2D eigenvalue weighted by molar-refractivity contribution is 6.30. The zero-order chi connectivity index (χ0) is 21.1. The van der Waals surface area contributed by atoms with Crippen molar-refractivity contribution in [3.05, 3.63) is 76.2 Å². The molecule has 2 aromatic carbocycles. The minimum Gasteiger partial charge on any atom is -0.497 e. The lowest BCUT2D eigenvalue weighted by atomic mass is 10.1. The van der Waals surface area contributed by atoms with Crippen molar-refractivity contribution in [3.63, 3.8) is 0 Å². The molecule has 0 atom stereocenters. The molecular formula is C24H24ClN3O2. The van der Waals surface area contributed by atoms with Gasteiger partial charge in [0.05, 0.1) is 18.5 Å². The Morgan fingerprint density at radius 2 is 1.83 bits per heavy atom. The van der Waals surface area contributed by atoms with Gasteiger partial charge >= 0.3 is 0 Å². The summed E-state index contributed by atoms with van der Waals surface area (Å²) in [6.45, 7) is 2.96. The van der Waals surface area contributed by atoms with Crippen molar-refractivity contribution in [2.45, 2.75) is 32.7 Å². The summed E-state index contributed by atoms with van der Waals surface area (Å²) < 4.78 is 9.14. The Morgan fingerprint density at radius 1 is 1.03 bits per heavy atom. The number of imidazole rings is 1. The molecule has 0 saturated heterocycles. The Balaban J connectivity index is 1.91. The molecule has 2 aromatic heterocycles. The topological polar surface area (TPSA) is 48.5 Å². The number of ether oxygens (including phenoxy) is 1. The number of halogens is 1. The maximum atomic E-state index is 13.0. The van der Waals surface area contributed by atoms with Gasteiger partial charge in [-0.05, 0) is 30.7 Å². The van der Waals surface area contributed by atoms with Gasteiger partial charge in [0.2, 0.25) is 5.78 Å². The van der Waals surface area contributed by atoms with Crippen LogP contribution in [0, 0.1) is 0 Å². The summed E-state index contributed by atoms with van der Waals surface area (Å²) in [5.41, 5.74) is 3.33. The van der Waals surface area contributed by atoms with E-state index in [9.17, 15) is 4.79 Å². The third kappa shape index (κ3) is 3.98. The second-order valence-electron chi connectivity index (χ2n) is 7.26. The van der Waals surface area contributed by atoms with Gasteiger partial charge in [0.25, 0.3) is 5.56 Å². The van der Waals surface area contributed by atoms with Gasteiger partial charge in [-0.15, -0.1) is 0 Å². The highest BCUT2D eigenvalue weighted by Crippen LogP contribution is 2.26. The second kappa shape index (κ2) is 8.76. The molecule has 0 bridgehead atoms. The van der Waals surface area contributed by atoms with E-state index in [-0.39, 0.29) is 5.56 Å². The highest BCUT2D eigenvalue weighted by atomic mass is 35.5. The normalized spacial score (nSPS) is 11.2. The number of fused-ring (bicyclic) bond motifs is 1. The van der Waals surface area contributed by atoms with E-state index in [0.717, 1.165) is 54.1 Å². The molecule has 154 valence electrons. The lowest BCUT2D eigenvalue weighted by Gasteiger charge is -2.15. The quantitative estimate of drug-likeness (QED) is 0.360. The fraction of sp³-hybridized carbons (Fsp3) is 0.250. The van der Waals surface area contributed by atoms with E-state index < -0.39 is 0 Å². The average molecular weight is 422 g/mol. The number of benzene rings is 2. The van der Waals surface area contributed by atoms with Crippen molar-refractivity contribution >= 4 is 17.4 Å². The molecule has 5 nitrogen and oxygen atoms in total. The molecule has 4 aromatic rings. The van der Waals surface area contributed by atoms with Crippen molar-refractivity contribution in [1.29, 1.82) is 0 Å². The Labute approximate surface area is 180 Å². The SMILES string of the molecule is CCCCCn1c(-c2cccc(OC)c2)cc(=O)n2cc(-c3ccc(Cl)cc3)nc12. The van der Waals surface area contributed by atoms with Crippen LogP contribution < -0.4 is 10.3 Å². The minimum absolute atomic E-state index is 0.109. The third-order valence-electron chi connectivity index (χ3n) is 5.21. The van der Waals surface area contributed by atoms with Gasteiger partial charge in [0.1, 0.15) is 5.75 Å². The standard InChI is InChI=1S/C24H24ClN3O2/c1-3-4-5-13-27-22(18-7-6-8-20(14-18)30-2)15-23(29)28-16-21(26-24(27)28)17-9-11-19(25)12-10-17/h6-12,14-16H,3-5,13H2,1-2H3. The first-order chi connectivity index (χ1) is 14.6. The van der Waals surface area contributed by atoms with Crippen molar-refractivity contribution in [1.82, 2.24) is 14.0 Å². The van der Waals surface area contributed by atoms with E-state index in [1.54, 1.807) is 23.8 Å². The minimum atomic E-state index is -0.109. The van der Waals surface area contributed by atoms with Crippen LogP contribution in [0.2, 0.25) is 5.02 Å². The summed E-state index contributed by atoms with van der Waals surface area (Å²) in [6.07, 6.45) is 5.04. The zero-order valence-electron chi connectivity index (χ0n) is 17.1. The van der Waals surface area contributed by atoms with Gasteiger partial charge in [0.15, 0.2) is 0 Å². The number of hydrogen-bond donors (Lipinski definition) is 0. The molecule has 0 aliphatic rings. The van der Waals surface area contributed by atoms with E-state index in [4.69, 9.17) is 21.3 Å². The molecule has 0 radical (unpaired) electrons. The molecule has 30 heavy (non-hydrogen) atoms. The fourth-order valence-electron chi connectivity index (χ4n) is 3.62. The molecule has 0 aliphatic heterocycles. The number of rotatable bonds is 7. The van der Waals surface area contributed by atoms with Crippen LogP contribution in [0.1, 0.15) is 26.2 Å². The number of methoxy groups -OCH3 is 1. The van der Waals surface area contributed by atoms with Crippen LogP contribution in [0.4, 0.5) is 0 Å². The molecule has 0 saturated carbocycles.